The van der Waals surface area contributed by atoms with Crippen LogP contribution in [0, 0.1) is 6.92 Å². The van der Waals surface area contributed by atoms with E-state index in [1.807, 2.05) is 6.92 Å². The van der Waals surface area contributed by atoms with E-state index in [-0.39, 0.29) is 11.4 Å². The predicted octanol–water partition coefficient (Wildman–Crippen LogP) is 5.56. The summed E-state index contributed by atoms with van der Waals surface area (Å²) in [4.78, 5) is 22.2. The van der Waals surface area contributed by atoms with E-state index in [0.717, 1.165) is 15.8 Å². The van der Waals surface area contributed by atoms with Crippen molar-refractivity contribution in [2.75, 3.05) is 17.7 Å². The number of nitrogens with zero attached hydrogens (tertiary/aromatic N) is 4. The molecule has 0 saturated heterocycles. The molecule has 0 radical (unpaired) electrons. The van der Waals surface area contributed by atoms with E-state index in [0.29, 0.717) is 21.6 Å². The predicted molar refractivity (Wildman–Crippen MR) is 119 cm³/mol. The lowest BCUT2D eigenvalue weighted by molar-refractivity contribution is -0.137. The van der Waals surface area contributed by atoms with E-state index < -0.39 is 23.9 Å². The number of halogens is 3. The zero-order valence-electron chi connectivity index (χ0n) is 17.8. The summed E-state index contributed by atoms with van der Waals surface area (Å²) in [5.74, 6) is 0. The van der Waals surface area contributed by atoms with Crippen LogP contribution in [0.1, 0.15) is 29.2 Å². The minimum Gasteiger partial charge on any atom is -0.377 e. The Morgan fingerprint density at radius 1 is 1.27 bits per heavy atom. The van der Waals surface area contributed by atoms with Crippen molar-refractivity contribution >= 4 is 39.1 Å². The number of thiazole rings is 1. The van der Waals surface area contributed by atoms with Crippen LogP contribution in [-0.2, 0) is 10.9 Å². The zero-order valence-corrected chi connectivity index (χ0v) is 18.6. The second kappa shape index (κ2) is 8.79. The van der Waals surface area contributed by atoms with Crippen LogP contribution >= 0.6 is 11.3 Å². The average molecular weight is 476 g/mol. The lowest BCUT2D eigenvalue weighted by Gasteiger charge is -2.17. The van der Waals surface area contributed by atoms with Gasteiger partial charge >= 0.3 is 12.2 Å². The van der Waals surface area contributed by atoms with Crippen LogP contribution in [-0.4, -0.2) is 32.9 Å². The number of carbonyl (C=O) groups is 1. The summed E-state index contributed by atoms with van der Waals surface area (Å²) in [6, 6.07) is 4.27. The molecule has 4 aromatic rings. The molecule has 3 heterocycles. The number of urea groups is 1. The standard InChI is InChI=1S/C21H19F3N6O2S/c1-11(32-3)17-15(10-25-19-18(17)27-12(2)33-19)29-20(31)28-13-5-6-16(30-8-4-7-26-30)14(9-13)21(22,23)24/h4-11H,1-3H3,(H2,28,29,31)/t11-/m1/s1. The third-order valence-corrected chi connectivity index (χ3v) is 5.77. The van der Waals surface area contributed by atoms with Crippen molar-refractivity contribution in [1.29, 1.82) is 0 Å². The highest BCUT2D eigenvalue weighted by Gasteiger charge is 2.34. The molecule has 4 rings (SSSR count). The van der Waals surface area contributed by atoms with Gasteiger partial charge in [0.15, 0.2) is 0 Å². The molecule has 3 aromatic heterocycles. The second-order valence-electron chi connectivity index (χ2n) is 7.11. The first-order chi connectivity index (χ1) is 15.7. The fourth-order valence-corrected chi connectivity index (χ4v) is 4.14. The Bertz CT molecular complexity index is 1300. The van der Waals surface area contributed by atoms with E-state index in [1.54, 1.807) is 6.92 Å². The van der Waals surface area contributed by atoms with Crippen molar-refractivity contribution in [1.82, 2.24) is 19.7 Å². The number of hydrogen-bond donors (Lipinski definition) is 2. The minimum atomic E-state index is -4.64. The van der Waals surface area contributed by atoms with Crippen LogP contribution in [0.5, 0.6) is 0 Å². The maximum Gasteiger partial charge on any atom is 0.418 e. The van der Waals surface area contributed by atoms with Gasteiger partial charge in [0.05, 0.1) is 34.2 Å². The summed E-state index contributed by atoms with van der Waals surface area (Å²) >= 11 is 1.41. The molecular weight excluding hydrogens is 457 g/mol. The molecular formula is C21H19F3N6O2S. The largest absolute Gasteiger partial charge is 0.418 e. The average Bonchev–Trinajstić information content (AvgIpc) is 3.41. The van der Waals surface area contributed by atoms with Crippen molar-refractivity contribution < 1.29 is 22.7 Å². The number of benzene rings is 1. The minimum absolute atomic E-state index is 0.0318. The molecule has 0 aliphatic rings. The van der Waals surface area contributed by atoms with Gasteiger partial charge in [-0.05, 0) is 38.1 Å². The summed E-state index contributed by atoms with van der Waals surface area (Å²) in [5.41, 5.74) is 0.473. The monoisotopic (exact) mass is 476 g/mol. The van der Waals surface area contributed by atoms with Gasteiger partial charge in [0.2, 0.25) is 0 Å². The Morgan fingerprint density at radius 3 is 2.73 bits per heavy atom. The number of carbonyl (C=O) groups excluding carboxylic acids is 1. The van der Waals surface area contributed by atoms with Gasteiger partial charge in [0, 0.05) is 30.8 Å². The first kappa shape index (κ1) is 22.7. The molecule has 0 aliphatic carbocycles. The van der Waals surface area contributed by atoms with E-state index in [2.05, 4.69) is 25.7 Å². The van der Waals surface area contributed by atoms with Crippen molar-refractivity contribution in [3.05, 3.63) is 59.0 Å². The highest BCUT2D eigenvalue weighted by molar-refractivity contribution is 7.18. The number of aromatic nitrogens is 4. The van der Waals surface area contributed by atoms with Crippen molar-refractivity contribution in [3.8, 4) is 5.69 Å². The van der Waals surface area contributed by atoms with Gasteiger partial charge in [-0.1, -0.05) is 11.3 Å². The number of alkyl halides is 3. The normalized spacial score (nSPS) is 12.7. The van der Waals surface area contributed by atoms with Crippen molar-refractivity contribution in [2.45, 2.75) is 26.1 Å². The Morgan fingerprint density at radius 2 is 2.06 bits per heavy atom. The number of aryl methyl sites for hydroxylation is 1. The van der Waals surface area contributed by atoms with Gasteiger partial charge in [-0.2, -0.15) is 18.3 Å². The van der Waals surface area contributed by atoms with E-state index in [1.165, 1.54) is 55.2 Å². The molecule has 0 aliphatic heterocycles. The molecule has 2 amide bonds. The molecule has 2 N–H and O–H groups in total. The summed E-state index contributed by atoms with van der Waals surface area (Å²) in [6.45, 7) is 3.65. The Kier molecular flexibility index (Phi) is 6.04. The van der Waals surface area contributed by atoms with Gasteiger partial charge in [-0.15, -0.1) is 0 Å². The highest BCUT2D eigenvalue weighted by Crippen LogP contribution is 2.36. The topological polar surface area (TPSA) is 94.0 Å². The van der Waals surface area contributed by atoms with Crippen molar-refractivity contribution in [2.24, 2.45) is 0 Å². The number of fused-ring (bicyclic) bond motifs is 1. The van der Waals surface area contributed by atoms with Crippen LogP contribution in [0.25, 0.3) is 16.0 Å². The SMILES string of the molecule is CO[C@H](C)c1c(NC(=O)Nc2ccc(-n3cccn3)c(C(F)(F)F)c2)cnc2sc(C)nc12. The van der Waals surface area contributed by atoms with E-state index >= 15 is 0 Å². The maximum absolute atomic E-state index is 13.6. The van der Waals surface area contributed by atoms with Gasteiger partial charge in [0.1, 0.15) is 10.3 Å². The number of anilines is 2. The smallest absolute Gasteiger partial charge is 0.377 e. The molecule has 0 spiro atoms. The molecule has 1 aromatic carbocycles. The fraction of sp³-hybridized carbons (Fsp3) is 0.238. The van der Waals surface area contributed by atoms with Gasteiger partial charge < -0.3 is 15.4 Å². The summed E-state index contributed by atoms with van der Waals surface area (Å²) in [6.07, 6.45) is -0.781. The molecule has 0 saturated carbocycles. The van der Waals surface area contributed by atoms with Gasteiger partial charge in [-0.25, -0.2) is 19.4 Å². The van der Waals surface area contributed by atoms with Crippen LogP contribution < -0.4 is 10.6 Å². The van der Waals surface area contributed by atoms with Crippen LogP contribution in [0.4, 0.5) is 29.3 Å². The lowest BCUT2D eigenvalue weighted by Crippen LogP contribution is -2.22. The summed E-state index contributed by atoms with van der Waals surface area (Å²) in [5, 5.41) is 9.76. The second-order valence-corrected chi connectivity index (χ2v) is 8.29. The number of hydrogen-bond acceptors (Lipinski definition) is 6. The molecule has 172 valence electrons. The molecule has 0 unspecified atom stereocenters. The first-order valence-electron chi connectivity index (χ1n) is 9.75. The summed E-state index contributed by atoms with van der Waals surface area (Å²) in [7, 11) is 1.53. The molecule has 12 heteroatoms. The van der Waals surface area contributed by atoms with Crippen LogP contribution in [0.2, 0.25) is 0 Å². The Labute approximate surface area is 190 Å². The quantitative estimate of drug-likeness (QED) is 0.394. The molecule has 0 fully saturated rings. The summed E-state index contributed by atoms with van der Waals surface area (Å²) < 4.78 is 47.5. The maximum atomic E-state index is 13.6. The highest BCUT2D eigenvalue weighted by atomic mass is 32.1. The number of ether oxygens (including phenoxy) is 1. The van der Waals surface area contributed by atoms with Crippen LogP contribution in [0.3, 0.4) is 0 Å². The van der Waals surface area contributed by atoms with Crippen LogP contribution in [0.15, 0.2) is 42.9 Å². The third-order valence-electron chi connectivity index (χ3n) is 4.89. The number of nitrogens with one attached hydrogen (secondary N) is 2. The first-order valence-corrected chi connectivity index (χ1v) is 10.6. The molecule has 8 nitrogen and oxygen atoms in total. The number of rotatable bonds is 5. The van der Waals surface area contributed by atoms with Gasteiger partial charge in [0.25, 0.3) is 0 Å². The van der Waals surface area contributed by atoms with Gasteiger partial charge in [-0.3, -0.25) is 0 Å². The molecule has 1 atom stereocenters. The van der Waals surface area contributed by atoms with Crippen molar-refractivity contribution in [3.63, 3.8) is 0 Å². The Balaban J connectivity index is 1.63. The fourth-order valence-electron chi connectivity index (χ4n) is 3.37. The zero-order chi connectivity index (χ0) is 23.8. The van der Waals surface area contributed by atoms with E-state index in [4.69, 9.17) is 4.74 Å². The molecule has 0 bridgehead atoms. The lowest BCUT2D eigenvalue weighted by atomic mass is 10.1. The number of amides is 2. The number of pyridine rings is 1. The number of methoxy groups -OCH3 is 1. The third kappa shape index (κ3) is 4.66. The molecule has 33 heavy (non-hydrogen) atoms. The Hall–Kier alpha value is -3.51. The van der Waals surface area contributed by atoms with E-state index in [9.17, 15) is 18.0 Å².